The summed E-state index contributed by atoms with van der Waals surface area (Å²) in [6.07, 6.45) is 2.85. The van der Waals surface area contributed by atoms with Gasteiger partial charge in [-0.15, -0.1) is 0 Å². The van der Waals surface area contributed by atoms with E-state index in [2.05, 4.69) is 21.5 Å². The molecular weight excluding hydrogens is 342 g/mol. The first-order valence-corrected chi connectivity index (χ1v) is 9.11. The van der Waals surface area contributed by atoms with E-state index in [9.17, 15) is 9.90 Å². The summed E-state index contributed by atoms with van der Waals surface area (Å²) < 4.78 is 1.50. The van der Waals surface area contributed by atoms with Crippen molar-refractivity contribution in [2.75, 3.05) is 5.73 Å². The molecule has 27 heavy (non-hydrogen) atoms. The first-order valence-electron chi connectivity index (χ1n) is 9.11. The third kappa shape index (κ3) is 3.64. The zero-order valence-corrected chi connectivity index (χ0v) is 15.2. The highest BCUT2D eigenvalue weighted by atomic mass is 16.3. The molecule has 1 aliphatic carbocycles. The maximum absolute atomic E-state index is 12.6. The summed E-state index contributed by atoms with van der Waals surface area (Å²) in [5.41, 5.74) is 8.53. The van der Waals surface area contributed by atoms with E-state index in [1.807, 2.05) is 37.4 Å². The summed E-state index contributed by atoms with van der Waals surface area (Å²) in [7, 11) is 0. The Labute approximate surface area is 157 Å². The van der Waals surface area contributed by atoms with Crippen LogP contribution in [0.4, 0.5) is 5.82 Å². The van der Waals surface area contributed by atoms with Gasteiger partial charge in [0.2, 0.25) is 5.91 Å². The van der Waals surface area contributed by atoms with Crippen LogP contribution in [0.3, 0.4) is 0 Å². The first kappa shape index (κ1) is 17.5. The molecule has 140 valence electrons. The smallest absolute Gasteiger partial charge is 0.242 e. The number of aliphatic hydroxyl groups is 1. The number of carbonyl (C=O) groups excluding carboxylic acids is 1. The predicted octanol–water partition coefficient (Wildman–Crippen LogP) is 1.95. The average Bonchev–Trinajstić information content (AvgIpc) is 2.94. The van der Waals surface area contributed by atoms with Crippen molar-refractivity contribution in [1.29, 1.82) is 0 Å². The molecular formula is C20H23N5O2. The van der Waals surface area contributed by atoms with Gasteiger partial charge in [-0.1, -0.05) is 18.2 Å². The lowest BCUT2D eigenvalue weighted by Gasteiger charge is -2.38. The quantitative estimate of drug-likeness (QED) is 0.641. The third-order valence-electron chi connectivity index (χ3n) is 5.13. The number of benzene rings is 1. The standard InChI is InChI=1S/C20H23N5O2/c1-12-6-18(21)25(24-12)11-19(27)23-20(14-8-16(26)9-14)15-7-13-4-2-3-5-17(13)22-10-15/h2-7,10,14,16,20,26H,8-9,11,21H2,1H3,(H,23,27). The number of nitrogens with one attached hydrogen (secondary N) is 1. The molecule has 0 spiro atoms. The van der Waals surface area contributed by atoms with E-state index in [4.69, 9.17) is 5.73 Å². The van der Waals surface area contributed by atoms with Crippen molar-refractivity contribution in [3.05, 3.63) is 53.9 Å². The van der Waals surface area contributed by atoms with Crippen molar-refractivity contribution >= 4 is 22.6 Å². The highest BCUT2D eigenvalue weighted by Gasteiger charge is 2.36. The molecule has 1 aromatic carbocycles. The Morgan fingerprint density at radius 2 is 2.15 bits per heavy atom. The van der Waals surface area contributed by atoms with E-state index in [-0.39, 0.29) is 30.5 Å². The Morgan fingerprint density at radius 1 is 1.37 bits per heavy atom. The van der Waals surface area contributed by atoms with E-state index in [1.54, 1.807) is 6.07 Å². The number of nitrogens with two attached hydrogens (primary N) is 1. The number of pyridine rings is 1. The number of fused-ring (bicyclic) bond motifs is 1. The molecule has 1 aliphatic rings. The molecule has 1 saturated carbocycles. The zero-order valence-electron chi connectivity index (χ0n) is 15.2. The summed E-state index contributed by atoms with van der Waals surface area (Å²) in [5, 5.41) is 18.1. The van der Waals surface area contributed by atoms with Crippen LogP contribution in [0.15, 0.2) is 42.6 Å². The number of amides is 1. The van der Waals surface area contributed by atoms with Gasteiger partial charge in [0.25, 0.3) is 0 Å². The number of aromatic nitrogens is 3. The molecule has 1 atom stereocenters. The van der Waals surface area contributed by atoms with Crippen molar-refractivity contribution in [3.63, 3.8) is 0 Å². The molecule has 2 aromatic heterocycles. The van der Waals surface area contributed by atoms with Crippen LogP contribution in [-0.2, 0) is 11.3 Å². The van der Waals surface area contributed by atoms with Crippen LogP contribution in [0.5, 0.6) is 0 Å². The summed E-state index contributed by atoms with van der Waals surface area (Å²) in [6, 6.07) is 11.5. The molecule has 0 radical (unpaired) electrons. The second-order valence-corrected chi connectivity index (χ2v) is 7.26. The maximum atomic E-state index is 12.6. The summed E-state index contributed by atoms with van der Waals surface area (Å²) >= 11 is 0. The highest BCUT2D eigenvalue weighted by molar-refractivity contribution is 5.80. The van der Waals surface area contributed by atoms with E-state index >= 15 is 0 Å². The number of nitrogen functional groups attached to an aromatic ring is 1. The second kappa shape index (κ2) is 7.00. The van der Waals surface area contributed by atoms with Crippen molar-refractivity contribution in [2.45, 2.75) is 38.5 Å². The van der Waals surface area contributed by atoms with Gasteiger partial charge in [0.1, 0.15) is 12.4 Å². The SMILES string of the molecule is Cc1cc(N)n(CC(=O)NC(c2cnc3ccccc3c2)C2CC(O)C2)n1. The molecule has 4 rings (SSSR count). The largest absolute Gasteiger partial charge is 0.393 e. The summed E-state index contributed by atoms with van der Waals surface area (Å²) in [5.74, 6) is 0.485. The fourth-order valence-corrected chi connectivity index (χ4v) is 3.68. The molecule has 7 heteroatoms. The fourth-order valence-electron chi connectivity index (χ4n) is 3.68. The van der Waals surface area contributed by atoms with Gasteiger partial charge >= 0.3 is 0 Å². The Balaban J connectivity index is 1.56. The van der Waals surface area contributed by atoms with Crippen molar-refractivity contribution in [1.82, 2.24) is 20.1 Å². The van der Waals surface area contributed by atoms with Gasteiger partial charge in [0, 0.05) is 17.6 Å². The van der Waals surface area contributed by atoms with Crippen LogP contribution in [-0.4, -0.2) is 31.9 Å². The fraction of sp³-hybridized carbons (Fsp3) is 0.350. The van der Waals surface area contributed by atoms with Crippen LogP contribution in [0.1, 0.15) is 30.1 Å². The number of aryl methyl sites for hydroxylation is 1. The van der Waals surface area contributed by atoms with E-state index in [1.165, 1.54) is 4.68 Å². The molecule has 7 nitrogen and oxygen atoms in total. The lowest BCUT2D eigenvalue weighted by Crippen LogP contribution is -2.42. The second-order valence-electron chi connectivity index (χ2n) is 7.26. The van der Waals surface area contributed by atoms with Gasteiger partial charge in [-0.25, -0.2) is 4.68 Å². The maximum Gasteiger partial charge on any atom is 0.242 e. The van der Waals surface area contributed by atoms with Crippen LogP contribution in [0, 0.1) is 12.8 Å². The number of hydrogen-bond donors (Lipinski definition) is 3. The molecule has 0 saturated heterocycles. The molecule has 4 N–H and O–H groups in total. The molecule has 3 aromatic rings. The van der Waals surface area contributed by atoms with E-state index < -0.39 is 0 Å². The minimum absolute atomic E-state index is 0.0620. The molecule has 2 heterocycles. The van der Waals surface area contributed by atoms with Gasteiger partial charge in [-0.05, 0) is 43.4 Å². The lowest BCUT2D eigenvalue weighted by molar-refractivity contribution is -0.123. The van der Waals surface area contributed by atoms with Gasteiger partial charge in [0.15, 0.2) is 0 Å². The first-order chi connectivity index (χ1) is 13.0. The Morgan fingerprint density at radius 3 is 2.85 bits per heavy atom. The number of carbonyl (C=O) groups is 1. The van der Waals surface area contributed by atoms with Crippen molar-refractivity contribution in [3.8, 4) is 0 Å². The Hall–Kier alpha value is -2.93. The topological polar surface area (TPSA) is 106 Å². The van der Waals surface area contributed by atoms with E-state index in [0.29, 0.717) is 18.7 Å². The molecule has 0 aliphatic heterocycles. The minimum Gasteiger partial charge on any atom is -0.393 e. The minimum atomic E-state index is -0.299. The van der Waals surface area contributed by atoms with Crippen LogP contribution in [0.2, 0.25) is 0 Å². The molecule has 0 bridgehead atoms. The van der Waals surface area contributed by atoms with Crippen molar-refractivity contribution < 1.29 is 9.90 Å². The van der Waals surface area contributed by atoms with Gasteiger partial charge in [-0.2, -0.15) is 5.10 Å². The van der Waals surface area contributed by atoms with E-state index in [0.717, 1.165) is 22.2 Å². The molecule has 1 fully saturated rings. The lowest BCUT2D eigenvalue weighted by atomic mass is 9.75. The number of nitrogens with zero attached hydrogens (tertiary/aromatic N) is 3. The monoisotopic (exact) mass is 365 g/mol. The molecule has 1 unspecified atom stereocenters. The Bertz CT molecular complexity index is 977. The Kier molecular flexibility index (Phi) is 4.53. The normalized spacial score (nSPS) is 20.2. The number of aliphatic hydroxyl groups excluding tert-OH is 1. The third-order valence-corrected chi connectivity index (χ3v) is 5.13. The predicted molar refractivity (Wildman–Crippen MR) is 103 cm³/mol. The highest BCUT2D eigenvalue weighted by Crippen LogP contribution is 2.38. The summed E-state index contributed by atoms with van der Waals surface area (Å²) in [4.78, 5) is 17.2. The van der Waals surface area contributed by atoms with Gasteiger partial charge < -0.3 is 16.2 Å². The van der Waals surface area contributed by atoms with Gasteiger partial charge in [-0.3, -0.25) is 9.78 Å². The average molecular weight is 365 g/mol. The van der Waals surface area contributed by atoms with Crippen LogP contribution < -0.4 is 11.1 Å². The molecule has 1 amide bonds. The van der Waals surface area contributed by atoms with Crippen LogP contribution in [0.25, 0.3) is 10.9 Å². The number of anilines is 1. The van der Waals surface area contributed by atoms with Crippen molar-refractivity contribution in [2.24, 2.45) is 5.92 Å². The van der Waals surface area contributed by atoms with Gasteiger partial charge in [0.05, 0.1) is 23.4 Å². The number of rotatable bonds is 5. The summed E-state index contributed by atoms with van der Waals surface area (Å²) in [6.45, 7) is 1.90. The van der Waals surface area contributed by atoms with Crippen LogP contribution >= 0.6 is 0 Å². The zero-order chi connectivity index (χ0) is 19.0. The number of hydrogen-bond acceptors (Lipinski definition) is 5. The number of para-hydroxylation sites is 1.